The van der Waals surface area contributed by atoms with E-state index in [1.165, 1.54) is 0 Å². The molecule has 0 aliphatic rings. The summed E-state index contributed by atoms with van der Waals surface area (Å²) in [6, 6.07) is 13.6. The highest BCUT2D eigenvalue weighted by Crippen LogP contribution is 2.27. The van der Waals surface area contributed by atoms with Crippen LogP contribution < -0.4 is 5.32 Å². The van der Waals surface area contributed by atoms with Crippen LogP contribution in [-0.4, -0.2) is 20.1 Å². The lowest BCUT2D eigenvalue weighted by Crippen LogP contribution is -2.23. The maximum absolute atomic E-state index is 12.5. The summed E-state index contributed by atoms with van der Waals surface area (Å²) in [5, 5.41) is 3.89. The monoisotopic (exact) mass is 353 g/mol. The molecule has 0 aliphatic carbocycles. The zero-order valence-corrected chi connectivity index (χ0v) is 15.5. The van der Waals surface area contributed by atoms with Crippen LogP contribution in [0.5, 0.6) is 0 Å². The average molecular weight is 353 g/mol. The van der Waals surface area contributed by atoms with E-state index in [0.29, 0.717) is 12.3 Å². The summed E-state index contributed by atoms with van der Waals surface area (Å²) in [5.74, 6) is 0.151. The number of benzene rings is 2. The Morgan fingerprint density at radius 2 is 1.77 bits per heavy atom. The van der Waals surface area contributed by atoms with Gasteiger partial charge in [0.25, 0.3) is 5.91 Å². The molecular weight excluding hydrogens is 330 g/mol. The molecule has 0 saturated heterocycles. The number of methoxy groups -OCH3 is 2. The van der Waals surface area contributed by atoms with Gasteiger partial charge in [0.1, 0.15) is 5.58 Å². The molecule has 0 bridgehead atoms. The fraction of sp³-hybridized carbons (Fsp3) is 0.286. The predicted octanol–water partition coefficient (Wildman–Crippen LogP) is 4.27. The number of hydrogen-bond donors (Lipinski definition) is 1. The zero-order valence-electron chi connectivity index (χ0n) is 15.5. The van der Waals surface area contributed by atoms with Crippen LogP contribution in [0, 0.1) is 13.8 Å². The van der Waals surface area contributed by atoms with Gasteiger partial charge in [0.05, 0.1) is 0 Å². The van der Waals surface area contributed by atoms with E-state index in [1.807, 2.05) is 56.3 Å². The van der Waals surface area contributed by atoms with Gasteiger partial charge in [-0.15, -0.1) is 0 Å². The largest absolute Gasteiger partial charge is 0.450 e. The number of nitrogens with one attached hydrogen (secondary N) is 1. The van der Waals surface area contributed by atoms with Gasteiger partial charge in [-0.2, -0.15) is 0 Å². The standard InChI is InChI=1S/C21H23NO4/c1-13-6-5-7-17-14(2)19(26-18(13)17)20(23)22-12-15-8-10-16(11-9-15)21(24-3)25-4/h5-11,21H,12H2,1-4H3,(H,22,23). The second-order valence-electron chi connectivity index (χ2n) is 6.24. The first-order valence-corrected chi connectivity index (χ1v) is 8.46. The molecule has 5 nitrogen and oxygen atoms in total. The molecule has 0 aliphatic heterocycles. The van der Waals surface area contributed by atoms with Crippen LogP contribution in [-0.2, 0) is 16.0 Å². The Labute approximate surface area is 152 Å². The van der Waals surface area contributed by atoms with Gasteiger partial charge in [0, 0.05) is 37.3 Å². The molecule has 0 unspecified atom stereocenters. The minimum atomic E-state index is -0.389. The van der Waals surface area contributed by atoms with Gasteiger partial charge in [-0.25, -0.2) is 0 Å². The molecule has 1 N–H and O–H groups in total. The van der Waals surface area contributed by atoms with Crippen molar-refractivity contribution in [2.75, 3.05) is 14.2 Å². The molecule has 3 aromatic rings. The normalized spacial score (nSPS) is 11.3. The molecule has 1 amide bonds. The minimum absolute atomic E-state index is 0.214. The number of ether oxygens (including phenoxy) is 2. The van der Waals surface area contributed by atoms with Crippen molar-refractivity contribution in [3.8, 4) is 0 Å². The van der Waals surface area contributed by atoms with Gasteiger partial charge in [0.2, 0.25) is 0 Å². The first-order valence-electron chi connectivity index (χ1n) is 8.46. The molecule has 26 heavy (non-hydrogen) atoms. The SMILES string of the molecule is COC(OC)c1ccc(CNC(=O)c2oc3c(C)cccc3c2C)cc1. The number of amides is 1. The number of aryl methyl sites for hydroxylation is 2. The molecule has 0 fully saturated rings. The lowest BCUT2D eigenvalue weighted by molar-refractivity contribution is -0.106. The van der Waals surface area contributed by atoms with Crippen molar-refractivity contribution in [2.24, 2.45) is 0 Å². The van der Waals surface area contributed by atoms with E-state index >= 15 is 0 Å². The molecule has 0 saturated carbocycles. The lowest BCUT2D eigenvalue weighted by atomic mass is 10.1. The number of para-hydroxylation sites is 1. The Kier molecular flexibility index (Phi) is 5.40. The first kappa shape index (κ1) is 18.2. The van der Waals surface area contributed by atoms with Crippen LogP contribution in [0.25, 0.3) is 11.0 Å². The van der Waals surface area contributed by atoms with E-state index < -0.39 is 0 Å². The Morgan fingerprint density at radius 1 is 1.08 bits per heavy atom. The molecule has 0 atom stereocenters. The minimum Gasteiger partial charge on any atom is -0.450 e. The van der Waals surface area contributed by atoms with E-state index in [2.05, 4.69) is 5.32 Å². The van der Waals surface area contributed by atoms with Gasteiger partial charge in [-0.05, 0) is 25.0 Å². The van der Waals surface area contributed by atoms with Crippen LogP contribution in [0.4, 0.5) is 0 Å². The second-order valence-corrected chi connectivity index (χ2v) is 6.24. The third kappa shape index (κ3) is 3.49. The highest BCUT2D eigenvalue weighted by molar-refractivity contribution is 5.99. The molecule has 1 heterocycles. The van der Waals surface area contributed by atoms with E-state index in [1.54, 1.807) is 14.2 Å². The van der Waals surface area contributed by atoms with Gasteiger partial charge in [-0.3, -0.25) is 4.79 Å². The summed E-state index contributed by atoms with van der Waals surface area (Å²) in [6.07, 6.45) is -0.389. The highest BCUT2D eigenvalue weighted by atomic mass is 16.7. The van der Waals surface area contributed by atoms with Crippen LogP contribution in [0.3, 0.4) is 0 Å². The zero-order chi connectivity index (χ0) is 18.7. The summed E-state index contributed by atoms with van der Waals surface area (Å²) in [7, 11) is 3.19. The molecule has 0 spiro atoms. The van der Waals surface area contributed by atoms with Crippen molar-refractivity contribution in [3.63, 3.8) is 0 Å². The Hall–Kier alpha value is -2.63. The molecule has 1 aromatic heterocycles. The Morgan fingerprint density at radius 3 is 2.38 bits per heavy atom. The summed E-state index contributed by atoms with van der Waals surface area (Å²) in [6.45, 7) is 4.30. The Balaban J connectivity index is 1.71. The maximum atomic E-state index is 12.5. The number of hydrogen-bond acceptors (Lipinski definition) is 4. The van der Waals surface area contributed by atoms with Gasteiger partial charge in [0.15, 0.2) is 12.1 Å². The van der Waals surface area contributed by atoms with Gasteiger partial charge < -0.3 is 19.2 Å². The Bertz CT molecular complexity index is 908. The number of carbonyl (C=O) groups is 1. The van der Waals surface area contributed by atoms with Crippen molar-refractivity contribution in [2.45, 2.75) is 26.7 Å². The number of furan rings is 1. The van der Waals surface area contributed by atoms with Crippen LogP contribution >= 0.6 is 0 Å². The third-order valence-corrected chi connectivity index (χ3v) is 4.50. The topological polar surface area (TPSA) is 60.7 Å². The quantitative estimate of drug-likeness (QED) is 0.672. The van der Waals surface area contributed by atoms with E-state index in [0.717, 1.165) is 33.2 Å². The molecule has 0 radical (unpaired) electrons. The van der Waals surface area contributed by atoms with Crippen LogP contribution in [0.15, 0.2) is 46.9 Å². The molecule has 3 rings (SSSR count). The van der Waals surface area contributed by atoms with Gasteiger partial charge >= 0.3 is 0 Å². The summed E-state index contributed by atoms with van der Waals surface area (Å²) in [4.78, 5) is 12.5. The number of carbonyl (C=O) groups excluding carboxylic acids is 1. The molecule has 2 aromatic carbocycles. The van der Waals surface area contributed by atoms with Crippen molar-refractivity contribution >= 4 is 16.9 Å². The molecule has 5 heteroatoms. The van der Waals surface area contributed by atoms with Crippen LogP contribution in [0.1, 0.15) is 39.1 Å². The van der Waals surface area contributed by atoms with Crippen molar-refractivity contribution in [1.29, 1.82) is 0 Å². The maximum Gasteiger partial charge on any atom is 0.287 e. The van der Waals surface area contributed by atoms with Crippen molar-refractivity contribution in [1.82, 2.24) is 5.32 Å². The fourth-order valence-corrected chi connectivity index (χ4v) is 3.02. The van der Waals surface area contributed by atoms with Gasteiger partial charge in [-0.1, -0.05) is 42.5 Å². The smallest absolute Gasteiger partial charge is 0.287 e. The van der Waals surface area contributed by atoms with E-state index in [4.69, 9.17) is 13.9 Å². The van der Waals surface area contributed by atoms with E-state index in [9.17, 15) is 4.79 Å². The van der Waals surface area contributed by atoms with Crippen molar-refractivity contribution in [3.05, 3.63) is 70.5 Å². The third-order valence-electron chi connectivity index (χ3n) is 4.50. The van der Waals surface area contributed by atoms with E-state index in [-0.39, 0.29) is 12.2 Å². The van der Waals surface area contributed by atoms with Crippen molar-refractivity contribution < 1.29 is 18.7 Å². The fourth-order valence-electron chi connectivity index (χ4n) is 3.02. The lowest BCUT2D eigenvalue weighted by Gasteiger charge is -2.14. The highest BCUT2D eigenvalue weighted by Gasteiger charge is 2.18. The molecule has 136 valence electrons. The molecular formula is C21H23NO4. The number of fused-ring (bicyclic) bond motifs is 1. The van der Waals surface area contributed by atoms with Crippen LogP contribution in [0.2, 0.25) is 0 Å². The summed E-state index contributed by atoms with van der Waals surface area (Å²) >= 11 is 0. The second kappa shape index (κ2) is 7.72. The summed E-state index contributed by atoms with van der Waals surface area (Å²) < 4.78 is 16.3. The average Bonchev–Trinajstić information content (AvgIpc) is 3.00. The number of rotatable bonds is 6. The first-order chi connectivity index (χ1) is 12.5. The summed E-state index contributed by atoms with van der Waals surface area (Å²) in [5.41, 5.74) is 4.56. The predicted molar refractivity (Wildman–Crippen MR) is 100 cm³/mol.